The molecule has 16 heavy (non-hydrogen) atoms. The van der Waals surface area contributed by atoms with Gasteiger partial charge in [0.2, 0.25) is 0 Å². The van der Waals surface area contributed by atoms with Crippen LogP contribution in [0.15, 0.2) is 0 Å². The van der Waals surface area contributed by atoms with E-state index in [-0.39, 0.29) is 17.4 Å². The number of esters is 1. The average molecular weight is 227 g/mol. The molecular weight excluding hydrogens is 202 g/mol. The first kappa shape index (κ1) is 13.5. The lowest BCUT2D eigenvalue weighted by Crippen LogP contribution is -2.47. The molecule has 0 unspecified atom stereocenters. The predicted octanol–water partition coefficient (Wildman–Crippen LogP) is 2.48. The fraction of sp³-hybridized carbons (Fsp3) is 0.923. The molecule has 2 N–H and O–H groups in total. The van der Waals surface area contributed by atoms with Crippen LogP contribution in [0.25, 0.3) is 0 Å². The van der Waals surface area contributed by atoms with Crippen LogP contribution in [0.5, 0.6) is 0 Å². The molecule has 0 amide bonds. The summed E-state index contributed by atoms with van der Waals surface area (Å²) in [6.45, 7) is 11.8. The minimum atomic E-state index is -0.459. The molecule has 0 aromatic rings. The second kappa shape index (κ2) is 3.73. The van der Waals surface area contributed by atoms with E-state index in [2.05, 4.69) is 13.8 Å². The topological polar surface area (TPSA) is 52.3 Å². The fourth-order valence-electron chi connectivity index (χ4n) is 2.29. The van der Waals surface area contributed by atoms with Crippen molar-refractivity contribution in [1.29, 1.82) is 0 Å². The van der Waals surface area contributed by atoms with Gasteiger partial charge in [-0.2, -0.15) is 0 Å². The number of rotatable bonds is 1. The molecule has 0 radical (unpaired) electrons. The molecular formula is C13H25NO2. The largest absolute Gasteiger partial charge is 0.460 e. The first-order valence-electron chi connectivity index (χ1n) is 6.00. The zero-order valence-electron chi connectivity index (χ0n) is 11.4. The van der Waals surface area contributed by atoms with E-state index in [4.69, 9.17) is 10.5 Å². The average Bonchev–Trinajstić information content (AvgIpc) is 2.27. The third kappa shape index (κ3) is 2.10. The van der Waals surface area contributed by atoms with Gasteiger partial charge in [0.25, 0.3) is 0 Å². The number of nitrogens with two attached hydrogens (primary N) is 1. The third-order valence-corrected chi connectivity index (χ3v) is 4.15. The molecule has 1 saturated carbocycles. The summed E-state index contributed by atoms with van der Waals surface area (Å²) in [4.78, 5) is 12.3. The van der Waals surface area contributed by atoms with Crippen LogP contribution in [0.1, 0.15) is 54.4 Å². The maximum atomic E-state index is 12.3. The molecule has 1 rings (SSSR count). The Balaban J connectivity index is 2.91. The van der Waals surface area contributed by atoms with Crippen LogP contribution in [0.4, 0.5) is 0 Å². The number of hydrogen-bond acceptors (Lipinski definition) is 3. The standard InChI is InChI=1S/C13H25NO2/c1-11(2,3)16-10(15)13(6)8-7-9(14)12(13,4)5/h9H,7-8,14H2,1-6H3/t9-,13-/m0/s1. The Bertz CT molecular complexity index is 291. The summed E-state index contributed by atoms with van der Waals surface area (Å²) in [5.41, 5.74) is 5.00. The van der Waals surface area contributed by atoms with E-state index in [9.17, 15) is 4.79 Å². The minimum Gasteiger partial charge on any atom is -0.460 e. The lowest BCUT2D eigenvalue weighted by Gasteiger charge is -2.40. The summed E-state index contributed by atoms with van der Waals surface area (Å²) < 4.78 is 5.51. The van der Waals surface area contributed by atoms with E-state index in [1.54, 1.807) is 0 Å². The van der Waals surface area contributed by atoms with E-state index < -0.39 is 11.0 Å². The van der Waals surface area contributed by atoms with Gasteiger partial charge in [0.1, 0.15) is 5.60 Å². The summed E-state index contributed by atoms with van der Waals surface area (Å²) in [6.07, 6.45) is 1.71. The molecule has 0 spiro atoms. The van der Waals surface area contributed by atoms with Crippen molar-refractivity contribution in [2.24, 2.45) is 16.6 Å². The van der Waals surface area contributed by atoms with Crippen LogP contribution < -0.4 is 5.73 Å². The third-order valence-electron chi connectivity index (χ3n) is 4.15. The Morgan fingerprint density at radius 3 is 2.12 bits per heavy atom. The summed E-state index contributed by atoms with van der Waals surface area (Å²) in [7, 11) is 0. The molecule has 3 heteroatoms. The Labute approximate surface area is 98.7 Å². The van der Waals surface area contributed by atoms with E-state index in [0.29, 0.717) is 0 Å². The molecule has 0 aromatic heterocycles. The molecule has 0 aromatic carbocycles. The molecule has 0 saturated heterocycles. The molecule has 0 aliphatic heterocycles. The molecule has 1 fully saturated rings. The van der Waals surface area contributed by atoms with Gasteiger partial charge in [0, 0.05) is 6.04 Å². The van der Waals surface area contributed by atoms with Crippen LogP contribution in [0.2, 0.25) is 0 Å². The van der Waals surface area contributed by atoms with Crippen molar-refractivity contribution in [3.63, 3.8) is 0 Å². The van der Waals surface area contributed by atoms with Crippen molar-refractivity contribution in [2.75, 3.05) is 0 Å². The summed E-state index contributed by atoms with van der Waals surface area (Å²) in [5.74, 6) is -0.113. The van der Waals surface area contributed by atoms with Gasteiger partial charge < -0.3 is 10.5 Å². The Morgan fingerprint density at radius 2 is 1.81 bits per heavy atom. The number of carbonyl (C=O) groups is 1. The second-order valence-corrected chi connectivity index (χ2v) is 6.70. The molecule has 94 valence electrons. The number of carbonyl (C=O) groups excluding carboxylic acids is 1. The maximum absolute atomic E-state index is 12.3. The molecule has 0 bridgehead atoms. The van der Waals surface area contributed by atoms with Crippen LogP contribution >= 0.6 is 0 Å². The van der Waals surface area contributed by atoms with E-state index in [0.717, 1.165) is 12.8 Å². The zero-order chi connectivity index (χ0) is 12.8. The lowest BCUT2D eigenvalue weighted by atomic mass is 9.68. The van der Waals surface area contributed by atoms with Crippen LogP contribution in [-0.2, 0) is 9.53 Å². The minimum absolute atomic E-state index is 0.0741. The zero-order valence-corrected chi connectivity index (χ0v) is 11.4. The van der Waals surface area contributed by atoms with Crippen molar-refractivity contribution in [2.45, 2.75) is 66.0 Å². The number of ether oxygens (including phenoxy) is 1. The van der Waals surface area contributed by atoms with Crippen LogP contribution in [-0.4, -0.2) is 17.6 Å². The van der Waals surface area contributed by atoms with E-state index in [1.165, 1.54) is 0 Å². The van der Waals surface area contributed by atoms with Gasteiger partial charge in [0.05, 0.1) is 5.41 Å². The Kier molecular flexibility index (Phi) is 3.14. The Morgan fingerprint density at radius 1 is 1.31 bits per heavy atom. The highest BCUT2D eigenvalue weighted by molar-refractivity contribution is 5.78. The van der Waals surface area contributed by atoms with Gasteiger partial charge in [-0.25, -0.2) is 0 Å². The summed E-state index contributed by atoms with van der Waals surface area (Å²) >= 11 is 0. The van der Waals surface area contributed by atoms with Gasteiger partial charge >= 0.3 is 5.97 Å². The monoisotopic (exact) mass is 227 g/mol. The first-order chi connectivity index (χ1) is 7.01. The van der Waals surface area contributed by atoms with Crippen molar-refractivity contribution in [3.05, 3.63) is 0 Å². The quantitative estimate of drug-likeness (QED) is 0.700. The van der Waals surface area contributed by atoms with Crippen molar-refractivity contribution in [3.8, 4) is 0 Å². The fourth-order valence-corrected chi connectivity index (χ4v) is 2.29. The molecule has 3 nitrogen and oxygen atoms in total. The van der Waals surface area contributed by atoms with E-state index in [1.807, 2.05) is 27.7 Å². The van der Waals surface area contributed by atoms with Crippen LogP contribution in [0, 0.1) is 10.8 Å². The highest BCUT2D eigenvalue weighted by Gasteiger charge is 2.56. The van der Waals surface area contributed by atoms with Gasteiger partial charge in [-0.15, -0.1) is 0 Å². The van der Waals surface area contributed by atoms with Crippen molar-refractivity contribution in [1.82, 2.24) is 0 Å². The summed E-state index contributed by atoms with van der Waals surface area (Å²) in [5, 5.41) is 0. The lowest BCUT2D eigenvalue weighted by molar-refractivity contribution is -0.172. The van der Waals surface area contributed by atoms with Gasteiger partial charge in [-0.3, -0.25) is 4.79 Å². The molecule has 2 atom stereocenters. The Hall–Kier alpha value is -0.570. The van der Waals surface area contributed by atoms with Crippen molar-refractivity contribution >= 4 is 5.97 Å². The second-order valence-electron chi connectivity index (χ2n) is 6.70. The van der Waals surface area contributed by atoms with Crippen molar-refractivity contribution < 1.29 is 9.53 Å². The SMILES string of the molecule is CC(C)(C)OC(=O)[C@]1(C)CC[C@H](N)C1(C)C. The highest BCUT2D eigenvalue weighted by atomic mass is 16.6. The first-order valence-corrected chi connectivity index (χ1v) is 6.00. The van der Waals surface area contributed by atoms with Gasteiger partial charge in [-0.1, -0.05) is 13.8 Å². The molecule has 0 heterocycles. The highest BCUT2D eigenvalue weighted by Crippen LogP contribution is 2.52. The van der Waals surface area contributed by atoms with Gasteiger partial charge in [0.15, 0.2) is 0 Å². The predicted molar refractivity (Wildman–Crippen MR) is 64.9 cm³/mol. The number of hydrogen-bond donors (Lipinski definition) is 1. The van der Waals surface area contributed by atoms with E-state index >= 15 is 0 Å². The summed E-state index contributed by atoms with van der Waals surface area (Å²) in [6, 6.07) is 0.0741. The van der Waals surface area contributed by atoms with Crippen LogP contribution in [0.3, 0.4) is 0 Å². The normalized spacial score (nSPS) is 33.8. The maximum Gasteiger partial charge on any atom is 0.312 e. The molecule has 1 aliphatic carbocycles. The smallest absolute Gasteiger partial charge is 0.312 e. The van der Waals surface area contributed by atoms with Gasteiger partial charge in [-0.05, 0) is 46.0 Å². The molecule has 1 aliphatic rings.